The largest absolute Gasteiger partial charge is 2.00 e. The molecule has 2 aliphatic rings. The molecule has 0 aromatic heterocycles. The van der Waals surface area contributed by atoms with Gasteiger partial charge in [-0.3, -0.25) is 14.4 Å². The maximum Gasteiger partial charge on any atom is 2.00 e. The number of aryl methyl sites for hydroxylation is 14. The molecule has 13 rings (SSSR count). The molecule has 0 saturated carbocycles. The summed E-state index contributed by atoms with van der Waals surface area (Å²) in [5.41, 5.74) is 38.7. The predicted molar refractivity (Wildman–Crippen MR) is 623 cm³/mol. The average Bonchev–Trinajstić information content (AvgIpc) is 1.21. The summed E-state index contributed by atoms with van der Waals surface area (Å²) in [6.07, 6.45) is 9.18. The number of allylic oxidation sites excluding steroid dienone is 2. The summed E-state index contributed by atoms with van der Waals surface area (Å²) in [4.78, 5) is 47.0. The fourth-order valence-corrected chi connectivity index (χ4v) is 17.6. The van der Waals surface area contributed by atoms with E-state index in [1.165, 1.54) is 116 Å². The molecule has 0 aliphatic carbocycles. The molecule has 0 amide bonds. The van der Waals surface area contributed by atoms with E-state index in [1.807, 2.05) is 116 Å². The molecular weight excluding hydrogens is 1980 g/mol. The van der Waals surface area contributed by atoms with Crippen LogP contribution in [0.2, 0.25) is 0 Å². The van der Waals surface area contributed by atoms with Crippen LogP contribution in [0.15, 0.2) is 198 Å². The van der Waals surface area contributed by atoms with Crippen molar-refractivity contribution < 1.29 is 93.7 Å². The van der Waals surface area contributed by atoms with Gasteiger partial charge in [0.1, 0.15) is 23.9 Å². The summed E-state index contributed by atoms with van der Waals surface area (Å²) in [7, 11) is 14.3. The van der Waals surface area contributed by atoms with Crippen molar-refractivity contribution in [2.24, 2.45) is 15.9 Å². The number of rotatable bonds is 28. The number of carbonyl (C=O) groups is 4. The molecule has 150 heavy (non-hydrogen) atoms. The number of aliphatic hydroxyl groups is 2. The van der Waals surface area contributed by atoms with Crippen molar-refractivity contribution in [3.05, 3.63) is 351 Å². The Labute approximate surface area is 932 Å². The molecule has 11 aromatic rings. The second-order valence-electron chi connectivity index (χ2n) is 37.0. The Morgan fingerprint density at radius 3 is 1.37 bits per heavy atom. The Balaban J connectivity index is 0.000000867. The molecule has 0 radical (unpaired) electrons. The molecule has 19 nitrogen and oxygen atoms in total. The van der Waals surface area contributed by atoms with Crippen LogP contribution in [0.4, 0.5) is 0 Å². The molecular formula is C128H173BrClMgN3O16. The number of esters is 1. The van der Waals surface area contributed by atoms with Gasteiger partial charge in [0.2, 0.25) is 0 Å². The minimum Gasteiger partial charge on any atom is -1.00 e. The first-order valence-electron chi connectivity index (χ1n) is 51.4. The number of methoxy groups -OCH3 is 8. The van der Waals surface area contributed by atoms with Crippen LogP contribution in [0, 0.1) is 104 Å². The van der Waals surface area contributed by atoms with Gasteiger partial charge in [0.15, 0.2) is 51.8 Å². The summed E-state index contributed by atoms with van der Waals surface area (Å²) >= 11 is 0. The summed E-state index contributed by atoms with van der Waals surface area (Å²) in [5, 5.41) is 29.1. The fraction of sp³-hybridized carbons (Fsp3) is 0.414. The number of ether oxygens (including phenoxy) is 10. The number of Topliss-reactive ketones (excluding diaryl/α,β-unsaturated/α-hetero) is 1. The molecule has 0 saturated heterocycles. The minimum atomic E-state index is -0.640. The number of halogens is 2. The molecule has 7 unspecified atom stereocenters. The number of fused-ring (bicyclic) bond motifs is 2. The van der Waals surface area contributed by atoms with E-state index >= 15 is 0 Å². The monoisotopic (exact) mass is 2150 g/mol. The number of hydrogen-bond donors (Lipinski definition) is 3. The van der Waals surface area contributed by atoms with Gasteiger partial charge in [0.05, 0.1) is 86.9 Å². The number of ketones is 2. The quantitative estimate of drug-likeness (QED) is 0.0135. The van der Waals surface area contributed by atoms with E-state index in [4.69, 9.17) is 47.4 Å². The van der Waals surface area contributed by atoms with Crippen LogP contribution in [-0.4, -0.2) is 151 Å². The van der Waals surface area contributed by atoms with E-state index in [2.05, 4.69) is 226 Å². The molecule has 11 aromatic carbocycles. The summed E-state index contributed by atoms with van der Waals surface area (Å²) < 4.78 is 53.6. The molecule has 22 heteroatoms. The van der Waals surface area contributed by atoms with Crippen molar-refractivity contribution in [1.82, 2.24) is 0 Å². The third-order valence-electron chi connectivity index (χ3n) is 27.8. The van der Waals surface area contributed by atoms with E-state index in [-0.39, 0.29) is 106 Å². The van der Waals surface area contributed by atoms with Crippen LogP contribution in [0.25, 0.3) is 5.57 Å². The molecule has 0 fully saturated rings. The molecule has 0 spiro atoms. The number of nitrogens with zero attached hydrogens (tertiary/aromatic N) is 2. The Morgan fingerprint density at radius 1 is 0.473 bits per heavy atom. The first-order chi connectivity index (χ1) is 70.1. The molecule has 812 valence electrons. The van der Waals surface area contributed by atoms with Crippen LogP contribution in [0.3, 0.4) is 0 Å². The summed E-state index contributed by atoms with van der Waals surface area (Å²) in [6, 6.07) is 60.0. The predicted octanol–water partition coefficient (Wildman–Crippen LogP) is 27.1. The maximum atomic E-state index is 13.2. The minimum absolute atomic E-state index is 0. The van der Waals surface area contributed by atoms with Gasteiger partial charge in [-0.1, -0.05) is 146 Å². The van der Waals surface area contributed by atoms with E-state index in [0.29, 0.717) is 75.7 Å². The van der Waals surface area contributed by atoms with Crippen LogP contribution in [0.1, 0.15) is 342 Å². The number of benzene rings is 11. The Hall–Kier alpha value is -11.2. The van der Waals surface area contributed by atoms with Crippen molar-refractivity contribution in [2.75, 3.05) is 70.5 Å². The normalized spacial score (nSPS) is 13.8. The van der Waals surface area contributed by atoms with Crippen molar-refractivity contribution in [2.45, 2.75) is 286 Å². The SMILES string of the molecule is C/C=C(\CC)c1ccc(C)c(C)c1.CCC(C(C)=O)c1cc(C)c(C)cc1C(=O)c1ccc(OC)c(OC)c1.CCC(O)(CC)c1ccc(C)c(C)c1.CCC(c1ccc(C)c(C)c1)C(C)O.CCC1C(C)=NN=C(c2ccc(OC)c(OC)c2)c2cc(C)c(C)cc21.CCC1c2cc(C)c(C)cc2C(c2ccc(OC)c(OC)c2)OC1C.CCOC(=O)c1ccc(C)c(C)c1.CN.COc1ccc(C=O)cc1OC.Cl.[Br-].[CH2-]C.[Mg+2]. The van der Waals surface area contributed by atoms with E-state index in [9.17, 15) is 29.4 Å². The third-order valence-corrected chi connectivity index (χ3v) is 27.8. The molecule has 0 bridgehead atoms. The maximum absolute atomic E-state index is 13.2. The van der Waals surface area contributed by atoms with Crippen LogP contribution < -0.4 is 60.6 Å². The Morgan fingerprint density at radius 2 is 0.907 bits per heavy atom. The van der Waals surface area contributed by atoms with E-state index in [0.717, 1.165) is 112 Å². The van der Waals surface area contributed by atoms with Gasteiger partial charge in [-0.2, -0.15) is 12.0 Å². The van der Waals surface area contributed by atoms with Crippen molar-refractivity contribution in [3.8, 4) is 46.0 Å². The zero-order valence-electron chi connectivity index (χ0n) is 97.0. The van der Waals surface area contributed by atoms with Crippen molar-refractivity contribution >= 4 is 76.3 Å². The van der Waals surface area contributed by atoms with E-state index in [1.54, 1.807) is 106 Å². The van der Waals surface area contributed by atoms with Gasteiger partial charge < -0.3 is 87.2 Å². The number of aldehydes is 1. The van der Waals surface area contributed by atoms with Gasteiger partial charge in [-0.25, -0.2) is 4.79 Å². The summed E-state index contributed by atoms with van der Waals surface area (Å²) in [6.45, 7) is 61.1. The average molecular weight is 2150 g/mol. The molecule has 4 N–H and O–H groups in total. The van der Waals surface area contributed by atoms with Gasteiger partial charge in [-0.05, 0) is 409 Å². The smallest absolute Gasteiger partial charge is 1.00 e. The van der Waals surface area contributed by atoms with Crippen LogP contribution in [-0.2, 0) is 19.9 Å². The first kappa shape index (κ1) is 137. The molecule has 7 atom stereocenters. The Bertz CT molecular complexity index is 6210. The number of hydrogen-bond acceptors (Lipinski definition) is 19. The van der Waals surface area contributed by atoms with Gasteiger partial charge in [0, 0.05) is 57.2 Å². The van der Waals surface area contributed by atoms with E-state index < -0.39 is 5.60 Å². The first-order valence-corrected chi connectivity index (χ1v) is 51.4. The standard InChI is InChI=1S/C22H26N2O2.C22H26O4.C22H28O3.2C13H20O.C13H18.C11H14O2.C9H10O3.C2H5.CH5N.BrH.ClH.Mg/c1-7-17-15(4)23-24-22(19-11-14(3)13(2)10-18(17)19)16-8-9-20(25-5)21(12-16)26-6;1-7-17(15(4)23)18-10-13(2)14(3)11-19(18)22(24)16-8-9-20(25-5)21(12-16)26-6;1-7-17-15(4)25-22(19-11-14(3)13(2)10-18(17)19)16-8-9-20(23-5)21(12-16)24-6;1-5-13(11(4)14)12-7-6-9(2)10(3)8-12;1-5-13(14,6-2)12-8-7-10(3)11(4)9-12;1-5-12(6-2)13-8-7-10(3)11(4)9-13;1-4-13-11(12)10-6-5-8(2)9(3)7-10;1-11-8-4-3-7(6-10)5-9(8)12-2;2*1-2;;;/h2*8-12,17H,7H2,1-6H3;8-12,15,17,22H,7H2,1-6H3;6-8,11,13-14H,5H2,1-4H3;7-9,14H,5-6H2,1-4H3;5,7-9H,6H2,1-4H3;5-7H,4H2,1-3H3;3-6H,1-2H3;1H2,2H3;2H2,1H3;2*1H;/q;;;;;;;;-1;;;;+2/p-1/b;;;;;12-5+;;;;;;;. The van der Waals surface area contributed by atoms with Crippen molar-refractivity contribution in [3.63, 3.8) is 0 Å². The van der Waals surface area contributed by atoms with Gasteiger partial charge in [-0.15, -0.1) is 17.5 Å². The third kappa shape index (κ3) is 37.6. The Kier molecular flexibility index (Phi) is 62.6. The summed E-state index contributed by atoms with van der Waals surface area (Å²) in [5.74, 6) is 5.55. The molecule has 2 heterocycles. The second kappa shape index (κ2) is 68.6. The zero-order chi connectivity index (χ0) is 111. The van der Waals surface area contributed by atoms with Gasteiger partial charge in [0.25, 0.3) is 0 Å². The second-order valence-corrected chi connectivity index (χ2v) is 37.0. The number of nitrogens with two attached hydrogens (primary N) is 1. The fourth-order valence-electron chi connectivity index (χ4n) is 17.6. The topological polar surface area (TPSA) is 252 Å². The van der Waals surface area contributed by atoms with Gasteiger partial charge >= 0.3 is 29.0 Å². The van der Waals surface area contributed by atoms with Crippen LogP contribution >= 0.6 is 12.4 Å². The number of carbonyl (C=O) groups excluding carboxylic acids is 4. The van der Waals surface area contributed by atoms with Crippen LogP contribution in [0.5, 0.6) is 46.0 Å². The van der Waals surface area contributed by atoms with Crippen molar-refractivity contribution in [1.29, 1.82) is 0 Å². The number of aliphatic hydroxyl groups excluding tert-OH is 1. The molecule has 2 aliphatic heterocycles. The zero-order valence-corrected chi connectivity index (χ0v) is 101.